The standard InChI is InChI=1S/C18H13Cl2N3O3/c19-15-5-1-13(2-6-15)17(11-22-10-9-21-12-22)18(26-23(24)25)14-3-7-16(20)8-4-14/h1-10,12H,11H2/b18-17-. The van der Waals surface area contributed by atoms with Crippen molar-refractivity contribution in [1.82, 2.24) is 9.55 Å². The van der Waals surface area contributed by atoms with E-state index >= 15 is 0 Å². The van der Waals surface area contributed by atoms with Gasteiger partial charge < -0.3 is 4.57 Å². The molecule has 0 aliphatic rings. The predicted molar refractivity (Wildman–Crippen MR) is 100 cm³/mol. The van der Waals surface area contributed by atoms with Gasteiger partial charge in [0.15, 0.2) is 0 Å². The molecule has 6 nitrogen and oxygen atoms in total. The summed E-state index contributed by atoms with van der Waals surface area (Å²) in [6.07, 6.45) is 5.03. The molecule has 0 bridgehead atoms. The molecule has 8 heteroatoms. The Balaban J connectivity index is 2.18. The average molecular weight is 390 g/mol. The molecule has 0 aliphatic carbocycles. The fourth-order valence-electron chi connectivity index (χ4n) is 2.47. The lowest BCUT2D eigenvalue weighted by molar-refractivity contribution is -0.730. The number of imidazole rings is 1. The van der Waals surface area contributed by atoms with Crippen LogP contribution in [-0.4, -0.2) is 14.6 Å². The van der Waals surface area contributed by atoms with Crippen molar-refractivity contribution in [2.75, 3.05) is 0 Å². The summed E-state index contributed by atoms with van der Waals surface area (Å²) in [4.78, 5) is 20.1. The highest BCUT2D eigenvalue weighted by Gasteiger charge is 2.17. The monoisotopic (exact) mass is 389 g/mol. The number of allylic oxidation sites excluding steroid dienone is 1. The van der Waals surface area contributed by atoms with Crippen molar-refractivity contribution in [3.63, 3.8) is 0 Å². The van der Waals surface area contributed by atoms with E-state index in [9.17, 15) is 10.1 Å². The second kappa shape index (κ2) is 8.03. The summed E-state index contributed by atoms with van der Waals surface area (Å²) in [6, 6.07) is 13.7. The van der Waals surface area contributed by atoms with Crippen LogP contribution in [-0.2, 0) is 11.4 Å². The highest BCUT2D eigenvalue weighted by atomic mass is 35.5. The van der Waals surface area contributed by atoms with E-state index in [1.54, 1.807) is 71.8 Å². The fraction of sp³-hybridized carbons (Fsp3) is 0.0556. The number of nitrogens with zero attached hydrogens (tertiary/aromatic N) is 3. The van der Waals surface area contributed by atoms with Crippen LogP contribution >= 0.6 is 23.2 Å². The maximum absolute atomic E-state index is 11.1. The SMILES string of the molecule is O=[N+]([O-])O/C(=C(/Cn1ccnc1)c1ccc(Cl)cc1)c1ccc(Cl)cc1. The van der Waals surface area contributed by atoms with Crippen molar-refractivity contribution in [2.24, 2.45) is 0 Å². The highest BCUT2D eigenvalue weighted by molar-refractivity contribution is 6.30. The Morgan fingerprint density at radius 1 is 1.04 bits per heavy atom. The van der Waals surface area contributed by atoms with Gasteiger partial charge >= 0.3 is 0 Å². The van der Waals surface area contributed by atoms with Crippen LogP contribution in [0.5, 0.6) is 0 Å². The lowest BCUT2D eigenvalue weighted by Gasteiger charge is -2.15. The fourth-order valence-corrected chi connectivity index (χ4v) is 2.72. The maximum atomic E-state index is 11.1. The quantitative estimate of drug-likeness (QED) is 0.258. The zero-order valence-electron chi connectivity index (χ0n) is 13.4. The number of hydrogen-bond acceptors (Lipinski definition) is 4. The van der Waals surface area contributed by atoms with E-state index in [1.807, 2.05) is 0 Å². The molecule has 3 aromatic rings. The number of hydrogen-bond donors (Lipinski definition) is 0. The Bertz CT molecular complexity index is 921. The molecule has 0 aliphatic heterocycles. The van der Waals surface area contributed by atoms with Crippen molar-refractivity contribution in [2.45, 2.75) is 6.54 Å². The summed E-state index contributed by atoms with van der Waals surface area (Å²) < 4.78 is 1.79. The minimum atomic E-state index is -0.826. The average Bonchev–Trinajstić information content (AvgIpc) is 3.13. The normalized spacial score (nSPS) is 11.8. The summed E-state index contributed by atoms with van der Waals surface area (Å²) in [7, 11) is 0. The summed E-state index contributed by atoms with van der Waals surface area (Å²) in [5.74, 6) is 0.127. The molecule has 3 rings (SSSR count). The Labute approximate surface area is 159 Å². The van der Waals surface area contributed by atoms with Crippen molar-refractivity contribution in [1.29, 1.82) is 0 Å². The molecule has 0 radical (unpaired) electrons. The van der Waals surface area contributed by atoms with Crippen LogP contribution in [0.25, 0.3) is 11.3 Å². The molecular weight excluding hydrogens is 377 g/mol. The van der Waals surface area contributed by atoms with Crippen LogP contribution in [0.15, 0.2) is 67.3 Å². The molecule has 2 aromatic carbocycles. The van der Waals surface area contributed by atoms with Gasteiger partial charge in [-0.1, -0.05) is 47.5 Å². The second-order valence-electron chi connectivity index (χ2n) is 5.37. The van der Waals surface area contributed by atoms with Gasteiger partial charge in [0.1, 0.15) is 5.76 Å². The van der Waals surface area contributed by atoms with Gasteiger partial charge in [-0.15, -0.1) is 10.1 Å². The van der Waals surface area contributed by atoms with E-state index < -0.39 is 5.09 Å². The van der Waals surface area contributed by atoms with Gasteiger partial charge in [-0.05, 0) is 29.8 Å². The third-order valence-electron chi connectivity index (χ3n) is 3.64. The molecule has 0 spiro atoms. The predicted octanol–water partition coefficient (Wildman–Crippen LogP) is 4.97. The molecule has 0 N–H and O–H groups in total. The zero-order valence-corrected chi connectivity index (χ0v) is 14.9. The number of aromatic nitrogens is 2. The van der Waals surface area contributed by atoms with Gasteiger partial charge in [0.05, 0.1) is 12.9 Å². The van der Waals surface area contributed by atoms with Gasteiger partial charge in [-0.3, -0.25) is 4.84 Å². The van der Waals surface area contributed by atoms with Crippen molar-refractivity contribution in [3.8, 4) is 0 Å². The minimum absolute atomic E-state index is 0.127. The Hall–Kier alpha value is -2.83. The first-order valence-electron chi connectivity index (χ1n) is 7.56. The molecule has 0 fully saturated rings. The molecule has 0 saturated heterocycles. The van der Waals surface area contributed by atoms with Crippen LogP contribution in [0, 0.1) is 10.1 Å². The van der Waals surface area contributed by atoms with Crippen LogP contribution in [0.3, 0.4) is 0 Å². The molecule has 1 heterocycles. The number of benzene rings is 2. The molecule has 132 valence electrons. The number of rotatable bonds is 6. The topological polar surface area (TPSA) is 70.2 Å². The molecular formula is C18H13Cl2N3O3. The third-order valence-corrected chi connectivity index (χ3v) is 4.14. The van der Waals surface area contributed by atoms with E-state index in [2.05, 4.69) is 4.98 Å². The van der Waals surface area contributed by atoms with Gasteiger partial charge in [0.25, 0.3) is 5.09 Å². The number of halogens is 2. The maximum Gasteiger partial charge on any atom is 0.299 e. The van der Waals surface area contributed by atoms with Gasteiger partial charge in [0.2, 0.25) is 0 Å². The van der Waals surface area contributed by atoms with Gasteiger partial charge in [0, 0.05) is 33.6 Å². The molecule has 0 unspecified atom stereocenters. The van der Waals surface area contributed by atoms with E-state index in [-0.39, 0.29) is 5.76 Å². The minimum Gasteiger partial charge on any atom is -0.333 e. The van der Waals surface area contributed by atoms with Crippen LogP contribution in [0.4, 0.5) is 0 Å². The summed E-state index contributed by atoms with van der Waals surface area (Å²) in [6.45, 7) is 0.327. The molecule has 26 heavy (non-hydrogen) atoms. The summed E-state index contributed by atoms with van der Waals surface area (Å²) in [5, 5.41) is 11.4. The molecule has 1 aromatic heterocycles. The van der Waals surface area contributed by atoms with Gasteiger partial charge in [-0.25, -0.2) is 4.98 Å². The first kappa shape index (κ1) is 18.0. The first-order chi connectivity index (χ1) is 12.5. The largest absolute Gasteiger partial charge is 0.333 e. The van der Waals surface area contributed by atoms with Gasteiger partial charge in [-0.2, -0.15) is 0 Å². The van der Waals surface area contributed by atoms with E-state index in [0.717, 1.165) is 5.56 Å². The summed E-state index contributed by atoms with van der Waals surface area (Å²) in [5.41, 5.74) is 1.89. The molecule has 0 saturated carbocycles. The Morgan fingerprint density at radius 3 is 2.12 bits per heavy atom. The Kier molecular flexibility index (Phi) is 5.55. The van der Waals surface area contributed by atoms with Crippen molar-refractivity contribution in [3.05, 3.63) is 98.5 Å². The van der Waals surface area contributed by atoms with Crippen LogP contribution < -0.4 is 0 Å². The molecule has 0 amide bonds. The second-order valence-corrected chi connectivity index (χ2v) is 6.24. The van der Waals surface area contributed by atoms with Crippen molar-refractivity contribution < 1.29 is 9.92 Å². The zero-order chi connectivity index (χ0) is 18.5. The van der Waals surface area contributed by atoms with Crippen molar-refractivity contribution >= 4 is 34.5 Å². The Morgan fingerprint density at radius 2 is 1.62 bits per heavy atom. The van der Waals surface area contributed by atoms with E-state index in [1.165, 1.54) is 0 Å². The third kappa shape index (κ3) is 4.41. The molecule has 0 atom stereocenters. The van der Waals surface area contributed by atoms with E-state index in [0.29, 0.717) is 27.7 Å². The first-order valence-corrected chi connectivity index (χ1v) is 8.31. The van der Waals surface area contributed by atoms with Crippen LogP contribution in [0.1, 0.15) is 11.1 Å². The highest BCUT2D eigenvalue weighted by Crippen LogP contribution is 2.30. The lowest BCUT2D eigenvalue weighted by Crippen LogP contribution is -2.07. The van der Waals surface area contributed by atoms with Crippen LogP contribution in [0.2, 0.25) is 10.0 Å². The summed E-state index contributed by atoms with van der Waals surface area (Å²) >= 11 is 11.9. The van der Waals surface area contributed by atoms with E-state index in [4.69, 9.17) is 28.0 Å². The lowest BCUT2D eigenvalue weighted by atomic mass is 10.0. The smallest absolute Gasteiger partial charge is 0.299 e.